The third-order valence-electron chi connectivity index (χ3n) is 3.15. The summed E-state index contributed by atoms with van der Waals surface area (Å²) in [5.74, 6) is -1.23. The van der Waals surface area contributed by atoms with E-state index < -0.39 is 11.2 Å². The Morgan fingerprint density at radius 2 is 2.09 bits per heavy atom. The van der Waals surface area contributed by atoms with Crippen LogP contribution in [0.1, 0.15) is 12.5 Å². The van der Waals surface area contributed by atoms with Crippen molar-refractivity contribution < 1.29 is 14.3 Å². The molecule has 0 amide bonds. The topological polar surface area (TPSA) is 93.8 Å². The quantitative estimate of drug-likeness (QED) is 0.563. The van der Waals surface area contributed by atoms with Crippen LogP contribution in [0.4, 0.5) is 4.39 Å². The molecule has 0 unspecified atom stereocenters. The monoisotopic (exact) mass is 333 g/mol. The van der Waals surface area contributed by atoms with Gasteiger partial charge >= 0.3 is 5.97 Å². The van der Waals surface area contributed by atoms with Gasteiger partial charge in [-0.1, -0.05) is 29.1 Å². The van der Waals surface area contributed by atoms with Gasteiger partial charge in [0.25, 0.3) is 0 Å². The van der Waals surface area contributed by atoms with Gasteiger partial charge in [-0.15, -0.1) is 5.10 Å². The average molecular weight is 333 g/mol. The number of fused-ring (bicyclic) bond motifs is 1. The maximum atomic E-state index is 13.0. The molecule has 0 saturated carbocycles. The summed E-state index contributed by atoms with van der Waals surface area (Å²) in [6.45, 7) is 1.95. The van der Waals surface area contributed by atoms with Crippen molar-refractivity contribution in [2.24, 2.45) is 0 Å². The Bertz CT molecular complexity index is 852. The lowest BCUT2D eigenvalue weighted by atomic mass is 10.2. The minimum Gasteiger partial charge on any atom is -0.480 e. The first-order valence-corrected chi connectivity index (χ1v) is 7.60. The zero-order chi connectivity index (χ0) is 16.4. The standard InChI is InChI=1S/C14H12FN5O2S/c1-8(14(21)22)23-13-11-12(16-7-17-13)20(19-18-11)6-9-2-4-10(15)5-3-9/h2-5,7-8H,6H2,1H3,(H,21,22)/t8-/m1/s1. The maximum Gasteiger partial charge on any atom is 0.316 e. The second-order valence-electron chi connectivity index (χ2n) is 4.82. The Kier molecular flexibility index (Phi) is 4.20. The second kappa shape index (κ2) is 6.29. The van der Waals surface area contributed by atoms with Crippen molar-refractivity contribution in [3.63, 3.8) is 0 Å². The van der Waals surface area contributed by atoms with Gasteiger partial charge in [0, 0.05) is 0 Å². The van der Waals surface area contributed by atoms with Gasteiger partial charge in [0.15, 0.2) is 11.2 Å². The number of carboxylic acids is 1. The zero-order valence-electron chi connectivity index (χ0n) is 12.0. The lowest BCUT2D eigenvalue weighted by Crippen LogP contribution is -2.11. The normalized spacial score (nSPS) is 12.4. The number of aliphatic carboxylic acids is 1. The van der Waals surface area contributed by atoms with Gasteiger partial charge in [-0.05, 0) is 24.6 Å². The highest BCUT2D eigenvalue weighted by Gasteiger charge is 2.18. The predicted octanol–water partition coefficient (Wildman–Crippen LogP) is 1.97. The van der Waals surface area contributed by atoms with Crippen LogP contribution in [0.25, 0.3) is 11.2 Å². The summed E-state index contributed by atoms with van der Waals surface area (Å²) in [5.41, 5.74) is 1.81. The summed E-state index contributed by atoms with van der Waals surface area (Å²) in [6.07, 6.45) is 1.35. The molecule has 2 aromatic heterocycles. The number of carbonyl (C=O) groups is 1. The van der Waals surface area contributed by atoms with Crippen molar-refractivity contribution in [1.82, 2.24) is 25.0 Å². The molecule has 1 N–H and O–H groups in total. The molecule has 3 rings (SSSR count). The molecule has 9 heteroatoms. The molecule has 23 heavy (non-hydrogen) atoms. The van der Waals surface area contributed by atoms with E-state index in [4.69, 9.17) is 5.11 Å². The molecule has 3 aromatic rings. The molecule has 0 saturated heterocycles. The molecule has 7 nitrogen and oxygen atoms in total. The zero-order valence-corrected chi connectivity index (χ0v) is 12.9. The highest BCUT2D eigenvalue weighted by atomic mass is 32.2. The summed E-state index contributed by atoms with van der Waals surface area (Å²) < 4.78 is 14.5. The number of carboxylic acid groups (broad SMARTS) is 1. The van der Waals surface area contributed by atoms with Gasteiger partial charge in [-0.2, -0.15) is 0 Å². The van der Waals surface area contributed by atoms with E-state index in [-0.39, 0.29) is 5.82 Å². The van der Waals surface area contributed by atoms with Crippen LogP contribution in [0.15, 0.2) is 35.6 Å². The number of thioether (sulfide) groups is 1. The van der Waals surface area contributed by atoms with Crippen molar-refractivity contribution in [3.8, 4) is 0 Å². The van der Waals surface area contributed by atoms with Crippen LogP contribution in [0.2, 0.25) is 0 Å². The number of benzene rings is 1. The van der Waals surface area contributed by atoms with E-state index in [1.54, 1.807) is 23.7 Å². The Morgan fingerprint density at radius 3 is 2.78 bits per heavy atom. The number of nitrogens with zero attached hydrogens (tertiary/aromatic N) is 5. The fourth-order valence-electron chi connectivity index (χ4n) is 1.94. The van der Waals surface area contributed by atoms with Gasteiger partial charge in [0.1, 0.15) is 22.4 Å². The van der Waals surface area contributed by atoms with Crippen LogP contribution in [-0.2, 0) is 11.3 Å². The fraction of sp³-hybridized carbons (Fsp3) is 0.214. The molecule has 0 aliphatic rings. The minimum atomic E-state index is -0.930. The van der Waals surface area contributed by atoms with Crippen molar-refractivity contribution >= 4 is 28.9 Å². The van der Waals surface area contributed by atoms with E-state index >= 15 is 0 Å². The van der Waals surface area contributed by atoms with Gasteiger partial charge in [-0.25, -0.2) is 19.0 Å². The van der Waals surface area contributed by atoms with E-state index in [2.05, 4.69) is 20.3 Å². The lowest BCUT2D eigenvalue weighted by molar-refractivity contribution is -0.136. The molecular formula is C14H12FN5O2S. The third-order valence-corrected chi connectivity index (χ3v) is 4.23. The minimum absolute atomic E-state index is 0.305. The average Bonchev–Trinajstić information content (AvgIpc) is 2.94. The summed E-state index contributed by atoms with van der Waals surface area (Å²) in [7, 11) is 0. The number of hydrogen-bond donors (Lipinski definition) is 1. The first-order valence-electron chi connectivity index (χ1n) is 6.72. The molecule has 1 atom stereocenters. The summed E-state index contributed by atoms with van der Waals surface area (Å²) in [6, 6.07) is 6.07. The number of hydrogen-bond acceptors (Lipinski definition) is 6. The van der Waals surface area contributed by atoms with Crippen LogP contribution < -0.4 is 0 Å². The van der Waals surface area contributed by atoms with Gasteiger partial charge < -0.3 is 5.11 Å². The molecular weight excluding hydrogens is 321 g/mol. The SMILES string of the molecule is C[C@@H](Sc1ncnc2c1nnn2Cc1ccc(F)cc1)C(=O)O. The van der Waals surface area contributed by atoms with Crippen LogP contribution >= 0.6 is 11.8 Å². The van der Waals surface area contributed by atoms with E-state index in [1.807, 2.05) is 0 Å². The Labute approximate surface area is 134 Å². The molecule has 0 fully saturated rings. The van der Waals surface area contributed by atoms with Crippen molar-refractivity contribution in [2.45, 2.75) is 23.7 Å². The maximum absolute atomic E-state index is 13.0. The molecule has 1 aromatic carbocycles. The van der Waals surface area contributed by atoms with E-state index in [1.165, 1.54) is 18.5 Å². The summed E-state index contributed by atoms with van der Waals surface area (Å²) in [4.78, 5) is 19.2. The van der Waals surface area contributed by atoms with Crippen molar-refractivity contribution in [3.05, 3.63) is 42.0 Å². The molecule has 0 spiro atoms. The molecule has 118 valence electrons. The van der Waals surface area contributed by atoms with E-state index in [0.29, 0.717) is 22.7 Å². The van der Waals surface area contributed by atoms with E-state index in [9.17, 15) is 9.18 Å². The largest absolute Gasteiger partial charge is 0.480 e. The third kappa shape index (κ3) is 3.29. The van der Waals surface area contributed by atoms with Gasteiger partial charge in [0.2, 0.25) is 0 Å². The fourth-order valence-corrected chi connectivity index (χ4v) is 2.73. The predicted molar refractivity (Wildman–Crippen MR) is 81.6 cm³/mol. The van der Waals surface area contributed by atoms with Gasteiger partial charge in [-0.3, -0.25) is 4.79 Å². The molecule has 0 aliphatic carbocycles. The first-order chi connectivity index (χ1) is 11.0. The Hall–Kier alpha value is -2.55. The summed E-state index contributed by atoms with van der Waals surface area (Å²) in [5, 5.41) is 16.9. The Morgan fingerprint density at radius 1 is 1.35 bits per heavy atom. The van der Waals surface area contributed by atoms with Crippen LogP contribution in [0.3, 0.4) is 0 Å². The number of rotatable bonds is 5. The van der Waals surface area contributed by atoms with Crippen molar-refractivity contribution in [1.29, 1.82) is 0 Å². The number of aromatic nitrogens is 5. The van der Waals surface area contributed by atoms with Crippen molar-refractivity contribution in [2.75, 3.05) is 0 Å². The van der Waals surface area contributed by atoms with Gasteiger partial charge in [0.05, 0.1) is 6.54 Å². The summed E-state index contributed by atoms with van der Waals surface area (Å²) >= 11 is 1.09. The van der Waals surface area contributed by atoms with Crippen LogP contribution in [0, 0.1) is 5.82 Å². The van der Waals surface area contributed by atoms with Crippen LogP contribution in [-0.4, -0.2) is 41.3 Å². The first kappa shape index (κ1) is 15.3. The van der Waals surface area contributed by atoms with Crippen LogP contribution in [0.5, 0.6) is 0 Å². The second-order valence-corrected chi connectivity index (χ2v) is 6.15. The molecule has 0 aliphatic heterocycles. The Balaban J connectivity index is 1.91. The highest BCUT2D eigenvalue weighted by molar-refractivity contribution is 8.00. The van der Waals surface area contributed by atoms with E-state index in [0.717, 1.165) is 17.3 Å². The molecule has 0 bridgehead atoms. The molecule has 0 radical (unpaired) electrons. The smallest absolute Gasteiger partial charge is 0.316 e. The highest BCUT2D eigenvalue weighted by Crippen LogP contribution is 2.26. The molecule has 2 heterocycles. The lowest BCUT2D eigenvalue weighted by Gasteiger charge is -2.05. The number of halogens is 1.